The normalized spacial score (nSPS) is 13.0. The summed E-state index contributed by atoms with van der Waals surface area (Å²) in [5.74, 6) is -2.25. The Labute approximate surface area is 257 Å². The summed E-state index contributed by atoms with van der Waals surface area (Å²) in [7, 11) is 1.45. The molecule has 0 atom stereocenters. The van der Waals surface area contributed by atoms with Crippen LogP contribution >= 0.6 is 11.3 Å². The third-order valence-corrected chi connectivity index (χ3v) is 8.14. The van der Waals surface area contributed by atoms with Gasteiger partial charge in [0.2, 0.25) is 0 Å². The Morgan fingerprint density at radius 1 is 0.884 bits per heavy atom. The summed E-state index contributed by atoms with van der Waals surface area (Å²) in [5, 5.41) is 30.8. The highest BCUT2D eigenvalue weighted by atomic mass is 32.1. The largest absolute Gasteiger partial charge is 0.504 e. The Kier molecular flexibility index (Phi) is 14.7. The van der Waals surface area contributed by atoms with E-state index in [2.05, 4.69) is 49.3 Å². The van der Waals surface area contributed by atoms with E-state index in [1.807, 2.05) is 6.92 Å². The maximum atomic E-state index is 12.4. The van der Waals surface area contributed by atoms with Crippen molar-refractivity contribution in [3.63, 3.8) is 0 Å². The molecule has 2 rings (SSSR count). The topological polar surface area (TPSA) is 146 Å². The number of carbonyl (C=O) groups excluding carboxylic acids is 1. The number of amides is 1. The van der Waals surface area contributed by atoms with Crippen molar-refractivity contribution in [3.05, 3.63) is 63.2 Å². The first kappa shape index (κ1) is 35.3. The fourth-order valence-corrected chi connectivity index (χ4v) is 5.47. The fraction of sp³-hybridized carbons (Fsp3) is 0.455. The summed E-state index contributed by atoms with van der Waals surface area (Å²) in [4.78, 5) is 38.1. The molecule has 0 aliphatic rings. The van der Waals surface area contributed by atoms with E-state index in [0.29, 0.717) is 22.2 Å². The molecule has 43 heavy (non-hydrogen) atoms. The number of carbonyl (C=O) groups is 3. The Balaban J connectivity index is 1.91. The summed E-state index contributed by atoms with van der Waals surface area (Å²) in [6, 6.07) is 1.57. The number of methoxy groups -OCH3 is 1. The minimum Gasteiger partial charge on any atom is -0.504 e. The maximum absolute atomic E-state index is 12.4. The molecule has 1 aromatic heterocycles. The molecule has 0 unspecified atom stereocenters. The molecule has 1 aromatic carbocycles. The summed E-state index contributed by atoms with van der Waals surface area (Å²) >= 11 is 1.11. The number of carboxylic acid groups (broad SMARTS) is 2. The van der Waals surface area contributed by atoms with Crippen LogP contribution in [0.5, 0.6) is 11.5 Å². The van der Waals surface area contributed by atoms with Gasteiger partial charge in [0.25, 0.3) is 5.91 Å². The van der Waals surface area contributed by atoms with Crippen LogP contribution in [0, 0.1) is 0 Å². The van der Waals surface area contributed by atoms with Crippen LogP contribution in [0.4, 0.5) is 0 Å². The van der Waals surface area contributed by atoms with Gasteiger partial charge in [-0.1, -0.05) is 46.6 Å². The lowest BCUT2D eigenvalue weighted by Gasteiger charge is -2.09. The lowest BCUT2D eigenvalue weighted by Crippen LogP contribution is -2.29. The van der Waals surface area contributed by atoms with Gasteiger partial charge < -0.3 is 25.4 Å². The average Bonchev–Trinajstić information content (AvgIpc) is 3.38. The van der Waals surface area contributed by atoms with E-state index in [0.717, 1.165) is 61.9 Å². The lowest BCUT2D eigenvalue weighted by molar-refractivity contribution is -0.136. The highest BCUT2D eigenvalue weighted by Gasteiger charge is 2.20. The van der Waals surface area contributed by atoms with E-state index in [1.165, 1.54) is 23.8 Å². The number of aliphatic carboxylic acids is 2. The van der Waals surface area contributed by atoms with Crippen LogP contribution in [0.2, 0.25) is 0 Å². The second-order valence-corrected chi connectivity index (χ2v) is 11.8. The van der Waals surface area contributed by atoms with E-state index in [1.54, 1.807) is 12.1 Å². The highest BCUT2D eigenvalue weighted by molar-refractivity contribution is 7.20. The zero-order valence-electron chi connectivity index (χ0n) is 25.8. The third kappa shape index (κ3) is 12.5. The van der Waals surface area contributed by atoms with Gasteiger partial charge in [-0.2, -0.15) is 0 Å². The molecule has 9 nitrogen and oxygen atoms in total. The Hall–Kier alpha value is -3.92. The smallest absolute Gasteiger partial charge is 0.322 e. The molecular formula is C33H44N2O7S. The maximum Gasteiger partial charge on any atom is 0.322 e. The minimum absolute atomic E-state index is 0.00377. The van der Waals surface area contributed by atoms with Gasteiger partial charge in [0.05, 0.1) is 23.7 Å². The Morgan fingerprint density at radius 2 is 1.47 bits per heavy atom. The number of phenols is 1. The summed E-state index contributed by atoms with van der Waals surface area (Å²) in [6.45, 7) is 7.84. The van der Waals surface area contributed by atoms with Crippen molar-refractivity contribution < 1.29 is 34.4 Å². The Bertz CT molecular complexity index is 1420. The first-order chi connectivity index (χ1) is 20.4. The number of hydrogen-bond acceptors (Lipinski definition) is 7. The van der Waals surface area contributed by atoms with Crippen LogP contribution in [0.3, 0.4) is 0 Å². The number of carboxylic acids is 2. The van der Waals surface area contributed by atoms with E-state index in [-0.39, 0.29) is 22.9 Å². The van der Waals surface area contributed by atoms with Crippen molar-refractivity contribution in [3.8, 4) is 11.5 Å². The van der Waals surface area contributed by atoms with E-state index < -0.39 is 24.4 Å². The van der Waals surface area contributed by atoms with Crippen molar-refractivity contribution in [2.24, 2.45) is 0 Å². The molecule has 0 bridgehead atoms. The first-order valence-corrected chi connectivity index (χ1v) is 15.3. The molecule has 2 aromatic rings. The number of rotatable bonds is 18. The van der Waals surface area contributed by atoms with Crippen molar-refractivity contribution >= 4 is 39.4 Å². The molecule has 1 heterocycles. The Morgan fingerprint density at radius 3 is 2.05 bits per heavy atom. The molecule has 0 fully saturated rings. The number of hydrogen-bond donors (Lipinski definition) is 4. The molecule has 0 aliphatic heterocycles. The number of nitrogens with zero attached hydrogens (tertiary/aromatic N) is 1. The van der Waals surface area contributed by atoms with Crippen molar-refractivity contribution in [2.75, 3.05) is 13.7 Å². The van der Waals surface area contributed by atoms with Crippen LogP contribution < -0.4 is 10.1 Å². The van der Waals surface area contributed by atoms with Gasteiger partial charge in [-0.05, 0) is 79.1 Å². The average molecular weight is 613 g/mol. The first-order valence-electron chi connectivity index (χ1n) is 14.4. The van der Waals surface area contributed by atoms with Crippen LogP contribution in [0.25, 0.3) is 10.2 Å². The summed E-state index contributed by atoms with van der Waals surface area (Å²) in [6.07, 6.45) is 15.7. The van der Waals surface area contributed by atoms with Gasteiger partial charge in [-0.3, -0.25) is 14.4 Å². The number of benzene rings is 1. The van der Waals surface area contributed by atoms with Gasteiger partial charge in [-0.15, -0.1) is 11.3 Å². The monoisotopic (exact) mass is 612 g/mol. The SMILES string of the molecule is COc1cc2nc(C(=O)NCC(=O)O)sc2c(CC=C(C)CCC=C(C)CCC=C(C)CCCC(C)=CCC(=O)O)c1O. The van der Waals surface area contributed by atoms with Crippen molar-refractivity contribution in [1.29, 1.82) is 0 Å². The number of thiazole rings is 1. The van der Waals surface area contributed by atoms with Gasteiger partial charge >= 0.3 is 11.9 Å². The van der Waals surface area contributed by atoms with Gasteiger partial charge in [0.15, 0.2) is 16.5 Å². The van der Waals surface area contributed by atoms with Gasteiger partial charge in [0, 0.05) is 11.6 Å². The molecule has 234 valence electrons. The van der Waals surface area contributed by atoms with Crippen molar-refractivity contribution in [1.82, 2.24) is 10.3 Å². The molecule has 0 spiro atoms. The number of ether oxygens (including phenoxy) is 1. The summed E-state index contributed by atoms with van der Waals surface area (Å²) < 4.78 is 5.97. The van der Waals surface area contributed by atoms with E-state index >= 15 is 0 Å². The molecule has 0 aliphatic carbocycles. The number of allylic oxidation sites excluding steroid dienone is 7. The quantitative estimate of drug-likeness (QED) is 0.128. The zero-order valence-corrected chi connectivity index (χ0v) is 26.6. The molecule has 0 radical (unpaired) electrons. The number of phenolic OH excluding ortho intramolecular Hbond substituents is 1. The molecule has 0 saturated carbocycles. The predicted octanol–water partition coefficient (Wildman–Crippen LogP) is 7.36. The second-order valence-electron chi connectivity index (χ2n) is 10.8. The van der Waals surface area contributed by atoms with E-state index in [4.69, 9.17) is 14.9 Å². The van der Waals surface area contributed by atoms with Crippen LogP contribution in [-0.2, 0) is 16.0 Å². The molecule has 0 saturated heterocycles. The van der Waals surface area contributed by atoms with Gasteiger partial charge in [-0.25, -0.2) is 4.98 Å². The zero-order chi connectivity index (χ0) is 31.9. The number of fused-ring (bicyclic) bond motifs is 1. The van der Waals surface area contributed by atoms with Crippen LogP contribution in [-0.4, -0.2) is 51.8 Å². The number of nitrogens with one attached hydrogen (secondary N) is 1. The van der Waals surface area contributed by atoms with Crippen molar-refractivity contribution in [2.45, 2.75) is 85.5 Å². The third-order valence-electron chi connectivity index (χ3n) is 7.01. The van der Waals surface area contributed by atoms with Crippen LogP contribution in [0.15, 0.2) is 52.7 Å². The second kappa shape index (κ2) is 17.9. The molecule has 1 amide bonds. The summed E-state index contributed by atoms with van der Waals surface area (Å²) in [5.41, 5.74) is 6.13. The number of aromatic hydroxyl groups is 1. The fourth-order valence-electron chi connectivity index (χ4n) is 4.45. The van der Waals surface area contributed by atoms with Crippen LogP contribution in [0.1, 0.15) is 94.4 Å². The van der Waals surface area contributed by atoms with Gasteiger partial charge in [0.1, 0.15) is 6.54 Å². The standard InChI is InChI=1S/C33H44N2O7S/c1-21(9-6-10-22(2)12-8-14-24(4)16-18-28(36)37)11-7-13-23(3)15-17-25-30(40)27(42-5)19-26-31(25)43-33(35-26)32(41)34-20-29(38)39/h10-11,15-16,19,40H,6-9,12-14,17-18,20H2,1-5H3,(H,34,41)(H,36,37)(H,38,39). The van der Waals surface area contributed by atoms with E-state index in [9.17, 15) is 19.5 Å². The predicted molar refractivity (Wildman–Crippen MR) is 171 cm³/mol. The number of aromatic nitrogens is 1. The lowest BCUT2D eigenvalue weighted by atomic mass is 10.0. The molecule has 10 heteroatoms. The molecular weight excluding hydrogens is 568 g/mol. The molecule has 4 N–H and O–H groups in total. The highest BCUT2D eigenvalue weighted by Crippen LogP contribution is 2.39. The minimum atomic E-state index is -1.14.